The average Bonchev–Trinajstić information content (AvgIpc) is 3.30. The molecule has 0 aromatic carbocycles. The van der Waals surface area contributed by atoms with Crippen molar-refractivity contribution in [2.45, 2.75) is 50.7 Å². The molecule has 0 radical (unpaired) electrons. The molecule has 2 aromatic heterocycles. The highest BCUT2D eigenvalue weighted by atomic mass is 16.2. The number of hydrogen-bond acceptors (Lipinski definition) is 6. The van der Waals surface area contributed by atoms with Crippen molar-refractivity contribution < 1.29 is 9.59 Å². The van der Waals surface area contributed by atoms with E-state index in [-0.39, 0.29) is 17.9 Å². The largest absolute Gasteiger partial charge is 0.350 e. The summed E-state index contributed by atoms with van der Waals surface area (Å²) in [6, 6.07) is -0.0900. The van der Waals surface area contributed by atoms with E-state index < -0.39 is 5.54 Å². The molecule has 9 nitrogen and oxygen atoms in total. The molecular weight excluding hydrogens is 370 g/mol. The van der Waals surface area contributed by atoms with Gasteiger partial charge in [-0.1, -0.05) is 0 Å². The van der Waals surface area contributed by atoms with Gasteiger partial charge in [-0.3, -0.25) is 24.2 Å². The molecule has 2 aromatic rings. The number of carbonyl (C=O) groups is 2. The lowest BCUT2D eigenvalue weighted by molar-refractivity contribution is -0.134. The minimum absolute atomic E-state index is 0.0351. The van der Waals surface area contributed by atoms with Gasteiger partial charge in [0.25, 0.3) is 5.91 Å². The van der Waals surface area contributed by atoms with Crippen LogP contribution in [0.25, 0.3) is 0 Å². The Morgan fingerprint density at radius 3 is 2.83 bits per heavy atom. The van der Waals surface area contributed by atoms with Crippen LogP contribution in [0.1, 0.15) is 47.4 Å². The van der Waals surface area contributed by atoms with Crippen molar-refractivity contribution in [2.75, 3.05) is 13.1 Å². The molecule has 2 aliphatic rings. The van der Waals surface area contributed by atoms with Gasteiger partial charge in [-0.15, -0.1) is 0 Å². The molecule has 0 spiro atoms. The number of piperidine rings is 1. The Labute approximate surface area is 169 Å². The molecule has 154 valence electrons. The molecule has 2 atom stereocenters. The number of aromatic nitrogens is 4. The summed E-state index contributed by atoms with van der Waals surface area (Å²) < 4.78 is 1.72. The van der Waals surface area contributed by atoms with Gasteiger partial charge < -0.3 is 10.6 Å². The van der Waals surface area contributed by atoms with Crippen LogP contribution in [0.15, 0.2) is 24.8 Å². The fraction of sp³-hybridized carbons (Fsp3) is 0.550. The second-order valence-electron chi connectivity index (χ2n) is 8.06. The number of rotatable bonds is 5. The molecule has 9 heteroatoms. The molecule has 4 rings (SSSR count). The first-order valence-corrected chi connectivity index (χ1v) is 10.1. The summed E-state index contributed by atoms with van der Waals surface area (Å²) in [5.74, 6) is -0.207. The highest BCUT2D eigenvalue weighted by molar-refractivity contribution is 5.92. The van der Waals surface area contributed by atoms with Crippen molar-refractivity contribution in [3.05, 3.63) is 41.7 Å². The summed E-state index contributed by atoms with van der Waals surface area (Å²) >= 11 is 0. The topological polar surface area (TPSA) is 105 Å². The lowest BCUT2D eigenvalue weighted by atomic mass is 9.84. The average molecular weight is 397 g/mol. The Bertz CT molecular complexity index is 894. The number of amides is 2. The van der Waals surface area contributed by atoms with Crippen molar-refractivity contribution in [2.24, 2.45) is 7.05 Å². The van der Waals surface area contributed by atoms with Crippen molar-refractivity contribution in [1.82, 2.24) is 35.3 Å². The van der Waals surface area contributed by atoms with Gasteiger partial charge >= 0.3 is 0 Å². The quantitative estimate of drug-likeness (QED) is 0.764. The van der Waals surface area contributed by atoms with Crippen LogP contribution < -0.4 is 10.6 Å². The van der Waals surface area contributed by atoms with Crippen molar-refractivity contribution >= 4 is 11.8 Å². The third kappa shape index (κ3) is 4.00. The molecule has 0 aliphatic carbocycles. The zero-order chi connectivity index (χ0) is 20.4. The molecule has 2 amide bonds. The second kappa shape index (κ2) is 7.90. The minimum Gasteiger partial charge on any atom is -0.350 e. The Kier molecular flexibility index (Phi) is 5.31. The molecule has 29 heavy (non-hydrogen) atoms. The molecule has 0 unspecified atom stereocenters. The lowest BCUT2D eigenvalue weighted by Gasteiger charge is -2.40. The van der Waals surface area contributed by atoms with E-state index >= 15 is 0 Å². The maximum Gasteiger partial charge on any atom is 0.271 e. The van der Waals surface area contributed by atoms with Gasteiger partial charge in [0.1, 0.15) is 11.2 Å². The van der Waals surface area contributed by atoms with Crippen LogP contribution in [0, 0.1) is 6.92 Å². The predicted octanol–water partition coefficient (Wildman–Crippen LogP) is 0.562. The van der Waals surface area contributed by atoms with Gasteiger partial charge in [0, 0.05) is 44.1 Å². The number of hydrogen-bond donors (Lipinski definition) is 2. The smallest absolute Gasteiger partial charge is 0.271 e. The van der Waals surface area contributed by atoms with Crippen LogP contribution in [0.5, 0.6) is 0 Å². The Morgan fingerprint density at radius 1 is 1.24 bits per heavy atom. The maximum atomic E-state index is 13.2. The summed E-state index contributed by atoms with van der Waals surface area (Å²) in [4.78, 5) is 36.3. The first-order chi connectivity index (χ1) is 14.0. The van der Waals surface area contributed by atoms with Crippen LogP contribution in [0.3, 0.4) is 0 Å². The highest BCUT2D eigenvalue weighted by Gasteiger charge is 2.52. The monoisotopic (exact) mass is 397 g/mol. The predicted molar refractivity (Wildman–Crippen MR) is 106 cm³/mol. The number of nitrogens with zero attached hydrogens (tertiary/aromatic N) is 5. The molecule has 4 heterocycles. The SMILES string of the molecule is Cc1cnc(C(=O)N[C@@H]2CN3CCCC[C@]3(C(=O)NCc3cnn(C)c3)C2)cn1. The van der Waals surface area contributed by atoms with E-state index in [1.165, 1.54) is 6.20 Å². The molecule has 2 aliphatic heterocycles. The number of aryl methyl sites for hydroxylation is 2. The van der Waals surface area contributed by atoms with Gasteiger partial charge in [0.2, 0.25) is 5.91 Å². The summed E-state index contributed by atoms with van der Waals surface area (Å²) in [6.07, 6.45) is 10.2. The Balaban J connectivity index is 1.43. The molecule has 2 fully saturated rings. The van der Waals surface area contributed by atoms with Crippen LogP contribution in [-0.2, 0) is 18.4 Å². The van der Waals surface area contributed by atoms with Crippen LogP contribution in [0.4, 0.5) is 0 Å². The van der Waals surface area contributed by atoms with Crippen molar-refractivity contribution in [1.29, 1.82) is 0 Å². The summed E-state index contributed by atoms with van der Waals surface area (Å²) in [7, 11) is 1.86. The van der Waals surface area contributed by atoms with E-state index in [9.17, 15) is 9.59 Å². The zero-order valence-electron chi connectivity index (χ0n) is 16.9. The van der Waals surface area contributed by atoms with Crippen LogP contribution in [-0.4, -0.2) is 61.1 Å². The van der Waals surface area contributed by atoms with E-state index in [0.717, 1.165) is 37.1 Å². The zero-order valence-corrected chi connectivity index (χ0v) is 16.9. The van der Waals surface area contributed by atoms with Gasteiger partial charge in [0.15, 0.2) is 0 Å². The Hall–Kier alpha value is -2.81. The van der Waals surface area contributed by atoms with E-state index in [1.807, 2.05) is 20.2 Å². The third-order valence-corrected chi connectivity index (χ3v) is 5.88. The van der Waals surface area contributed by atoms with Gasteiger partial charge in [-0.2, -0.15) is 5.10 Å². The van der Waals surface area contributed by atoms with Crippen LogP contribution in [0.2, 0.25) is 0 Å². The van der Waals surface area contributed by atoms with E-state index in [2.05, 4.69) is 30.6 Å². The normalized spacial score (nSPS) is 24.1. The van der Waals surface area contributed by atoms with Crippen molar-refractivity contribution in [3.63, 3.8) is 0 Å². The summed E-state index contributed by atoms with van der Waals surface area (Å²) in [6.45, 7) is 3.83. The summed E-state index contributed by atoms with van der Waals surface area (Å²) in [5, 5.41) is 10.3. The Morgan fingerprint density at radius 2 is 2.10 bits per heavy atom. The van der Waals surface area contributed by atoms with Gasteiger partial charge in [-0.25, -0.2) is 4.98 Å². The maximum absolute atomic E-state index is 13.2. The number of nitrogens with one attached hydrogen (secondary N) is 2. The number of fused-ring (bicyclic) bond motifs is 1. The fourth-order valence-corrected chi connectivity index (χ4v) is 4.45. The standard InChI is InChI=1S/C20H27N7O2/c1-14-8-22-17(11-21-14)18(28)25-16-7-20(5-3-4-6-27(20)13-16)19(29)23-9-15-10-24-26(2)12-15/h8,10-12,16H,3-7,9,13H2,1-2H3,(H,23,29)(H,25,28)/t16-,20+/m0/s1. The van der Waals surface area contributed by atoms with Gasteiger partial charge in [-0.05, 0) is 39.2 Å². The molecule has 2 N–H and O–H groups in total. The van der Waals surface area contributed by atoms with E-state index in [1.54, 1.807) is 17.1 Å². The molecule has 0 saturated carbocycles. The van der Waals surface area contributed by atoms with Crippen LogP contribution >= 0.6 is 0 Å². The highest BCUT2D eigenvalue weighted by Crippen LogP contribution is 2.38. The molecular formula is C20H27N7O2. The van der Waals surface area contributed by atoms with E-state index in [0.29, 0.717) is 25.2 Å². The van der Waals surface area contributed by atoms with E-state index in [4.69, 9.17) is 0 Å². The third-order valence-electron chi connectivity index (χ3n) is 5.88. The molecule has 0 bridgehead atoms. The first-order valence-electron chi connectivity index (χ1n) is 10.1. The lowest BCUT2D eigenvalue weighted by Crippen LogP contribution is -2.57. The molecule has 2 saturated heterocycles. The number of carbonyl (C=O) groups excluding carboxylic acids is 2. The van der Waals surface area contributed by atoms with Crippen molar-refractivity contribution in [3.8, 4) is 0 Å². The fourth-order valence-electron chi connectivity index (χ4n) is 4.45. The minimum atomic E-state index is -0.558. The second-order valence-corrected chi connectivity index (χ2v) is 8.06. The summed E-state index contributed by atoms with van der Waals surface area (Å²) in [5.41, 5.74) is 1.48. The van der Waals surface area contributed by atoms with Gasteiger partial charge in [0.05, 0.1) is 18.1 Å². The first kappa shape index (κ1) is 19.5.